The largest absolute Gasteiger partial charge is 0.324 e. The summed E-state index contributed by atoms with van der Waals surface area (Å²) in [4.78, 5) is 12.3. The van der Waals surface area contributed by atoms with Gasteiger partial charge in [-0.05, 0) is 53.6 Å². The van der Waals surface area contributed by atoms with Crippen LogP contribution in [0.5, 0.6) is 0 Å². The second-order valence-corrected chi connectivity index (χ2v) is 6.81. The van der Waals surface area contributed by atoms with Crippen LogP contribution in [0.25, 0.3) is 0 Å². The number of nitrogens with one attached hydrogen (secondary N) is 1. The topological polar surface area (TPSA) is 29.1 Å². The zero-order chi connectivity index (χ0) is 13.7. The molecule has 1 fully saturated rings. The molecule has 1 saturated carbocycles. The van der Waals surface area contributed by atoms with Crippen LogP contribution in [-0.4, -0.2) is 5.91 Å². The van der Waals surface area contributed by atoms with E-state index in [-0.39, 0.29) is 11.8 Å². The van der Waals surface area contributed by atoms with Crippen molar-refractivity contribution < 1.29 is 4.79 Å². The van der Waals surface area contributed by atoms with Crippen molar-refractivity contribution in [2.45, 2.75) is 44.9 Å². The van der Waals surface area contributed by atoms with E-state index in [9.17, 15) is 4.79 Å². The summed E-state index contributed by atoms with van der Waals surface area (Å²) in [6.07, 6.45) is 8.18. The monoisotopic (exact) mass is 391 g/mol. The SMILES string of the molecule is O=C(Nc1cc(I)ccc1Cl)C1CCCCCCC1. The highest BCUT2D eigenvalue weighted by molar-refractivity contribution is 14.1. The number of benzene rings is 1. The highest BCUT2D eigenvalue weighted by Gasteiger charge is 2.20. The molecule has 0 aliphatic heterocycles. The Bertz CT molecular complexity index is 442. The molecule has 0 spiro atoms. The summed E-state index contributed by atoms with van der Waals surface area (Å²) in [6, 6.07) is 5.69. The lowest BCUT2D eigenvalue weighted by atomic mass is 9.90. The van der Waals surface area contributed by atoms with Crippen molar-refractivity contribution in [3.8, 4) is 0 Å². The summed E-state index contributed by atoms with van der Waals surface area (Å²) in [5.74, 6) is 0.278. The van der Waals surface area contributed by atoms with E-state index in [0.29, 0.717) is 5.02 Å². The summed E-state index contributed by atoms with van der Waals surface area (Å²) in [6.45, 7) is 0. The average Bonchev–Trinajstić information content (AvgIpc) is 2.33. The highest BCUT2D eigenvalue weighted by atomic mass is 127. The molecule has 0 heterocycles. The van der Waals surface area contributed by atoms with Crippen molar-refractivity contribution in [3.63, 3.8) is 0 Å². The molecule has 1 N–H and O–H groups in total. The Morgan fingerprint density at radius 1 is 1.16 bits per heavy atom. The Morgan fingerprint density at radius 2 is 1.79 bits per heavy atom. The van der Waals surface area contributed by atoms with Gasteiger partial charge in [0.25, 0.3) is 0 Å². The Labute approximate surface area is 133 Å². The molecule has 1 aromatic rings. The fraction of sp³-hybridized carbons (Fsp3) is 0.533. The molecule has 4 heteroatoms. The summed E-state index contributed by atoms with van der Waals surface area (Å²) in [5, 5.41) is 3.60. The van der Waals surface area contributed by atoms with Crippen LogP contribution in [0.4, 0.5) is 5.69 Å². The lowest BCUT2D eigenvalue weighted by Gasteiger charge is -2.19. The summed E-state index contributed by atoms with van der Waals surface area (Å²) >= 11 is 8.34. The van der Waals surface area contributed by atoms with E-state index in [4.69, 9.17) is 11.6 Å². The van der Waals surface area contributed by atoms with Gasteiger partial charge in [0.15, 0.2) is 0 Å². The fourth-order valence-electron chi connectivity index (χ4n) is 2.55. The number of hydrogen-bond donors (Lipinski definition) is 1. The first-order chi connectivity index (χ1) is 9.16. The van der Waals surface area contributed by atoms with E-state index in [2.05, 4.69) is 27.9 Å². The van der Waals surface area contributed by atoms with E-state index >= 15 is 0 Å². The number of anilines is 1. The molecule has 1 amide bonds. The molecule has 0 unspecified atom stereocenters. The van der Waals surface area contributed by atoms with Crippen LogP contribution in [0.15, 0.2) is 18.2 Å². The van der Waals surface area contributed by atoms with E-state index in [0.717, 1.165) is 34.9 Å². The van der Waals surface area contributed by atoms with Crippen molar-refractivity contribution in [1.29, 1.82) is 0 Å². The van der Waals surface area contributed by atoms with Crippen LogP contribution in [0, 0.1) is 9.49 Å². The smallest absolute Gasteiger partial charge is 0.227 e. The van der Waals surface area contributed by atoms with Crippen molar-refractivity contribution in [2.75, 3.05) is 5.32 Å². The van der Waals surface area contributed by atoms with Gasteiger partial charge in [-0.3, -0.25) is 4.79 Å². The molecular weight excluding hydrogens is 373 g/mol. The van der Waals surface area contributed by atoms with Crippen LogP contribution in [0.1, 0.15) is 44.9 Å². The van der Waals surface area contributed by atoms with Gasteiger partial charge in [-0.1, -0.05) is 43.7 Å². The zero-order valence-corrected chi connectivity index (χ0v) is 13.8. The number of hydrogen-bond acceptors (Lipinski definition) is 1. The normalized spacial score (nSPS) is 17.6. The number of amides is 1. The zero-order valence-electron chi connectivity index (χ0n) is 10.9. The maximum absolute atomic E-state index is 12.3. The van der Waals surface area contributed by atoms with Crippen molar-refractivity contribution in [2.24, 2.45) is 5.92 Å². The van der Waals surface area contributed by atoms with Gasteiger partial charge >= 0.3 is 0 Å². The number of carbonyl (C=O) groups is 1. The number of halogens is 2. The highest BCUT2D eigenvalue weighted by Crippen LogP contribution is 2.27. The maximum atomic E-state index is 12.3. The average molecular weight is 392 g/mol. The van der Waals surface area contributed by atoms with Gasteiger partial charge in [0, 0.05) is 9.49 Å². The van der Waals surface area contributed by atoms with Crippen molar-refractivity contribution in [3.05, 3.63) is 26.8 Å². The van der Waals surface area contributed by atoms with Crippen LogP contribution in [0.2, 0.25) is 5.02 Å². The first kappa shape index (κ1) is 15.1. The summed E-state index contributed by atoms with van der Waals surface area (Å²) < 4.78 is 1.08. The Kier molecular flexibility index (Phi) is 5.95. The Balaban J connectivity index is 2.00. The van der Waals surface area contributed by atoms with Gasteiger partial charge < -0.3 is 5.32 Å². The van der Waals surface area contributed by atoms with Crippen molar-refractivity contribution in [1.82, 2.24) is 0 Å². The predicted octanol–water partition coefficient (Wildman–Crippen LogP) is 5.24. The first-order valence-electron chi connectivity index (χ1n) is 6.93. The molecule has 0 atom stereocenters. The van der Waals surface area contributed by atoms with E-state index in [1.54, 1.807) is 0 Å². The molecule has 19 heavy (non-hydrogen) atoms. The molecule has 0 radical (unpaired) electrons. The first-order valence-corrected chi connectivity index (χ1v) is 8.38. The van der Waals surface area contributed by atoms with Gasteiger partial charge in [0.05, 0.1) is 10.7 Å². The van der Waals surface area contributed by atoms with Gasteiger partial charge in [0.2, 0.25) is 5.91 Å². The molecule has 1 aromatic carbocycles. The summed E-state index contributed by atoms with van der Waals surface area (Å²) in [5.41, 5.74) is 0.737. The lowest BCUT2D eigenvalue weighted by molar-refractivity contribution is -0.120. The van der Waals surface area contributed by atoms with E-state index in [1.165, 1.54) is 19.3 Å². The molecule has 1 aliphatic rings. The molecule has 0 aromatic heterocycles. The third kappa shape index (κ3) is 4.63. The molecule has 104 valence electrons. The maximum Gasteiger partial charge on any atom is 0.227 e. The standard InChI is InChI=1S/C15H19ClINO/c16-13-9-8-12(17)10-14(13)18-15(19)11-6-4-2-1-3-5-7-11/h8-11H,1-7H2,(H,18,19). The second-order valence-electron chi connectivity index (χ2n) is 5.16. The molecule has 2 nitrogen and oxygen atoms in total. The van der Waals surface area contributed by atoms with Crippen LogP contribution < -0.4 is 5.32 Å². The number of carbonyl (C=O) groups excluding carboxylic acids is 1. The van der Waals surface area contributed by atoms with Crippen LogP contribution >= 0.6 is 34.2 Å². The Hall–Kier alpha value is -0.290. The van der Waals surface area contributed by atoms with Gasteiger partial charge in [-0.25, -0.2) is 0 Å². The van der Waals surface area contributed by atoms with Gasteiger partial charge in [-0.15, -0.1) is 0 Å². The second kappa shape index (κ2) is 7.48. The summed E-state index contributed by atoms with van der Waals surface area (Å²) in [7, 11) is 0. The lowest BCUT2D eigenvalue weighted by Crippen LogP contribution is -2.23. The van der Waals surface area contributed by atoms with Crippen LogP contribution in [-0.2, 0) is 4.79 Å². The molecule has 0 saturated heterocycles. The fourth-order valence-corrected chi connectivity index (χ4v) is 3.20. The van der Waals surface area contributed by atoms with Crippen molar-refractivity contribution >= 4 is 45.8 Å². The molecule has 0 bridgehead atoms. The molecule has 1 aliphatic carbocycles. The minimum absolute atomic E-state index is 0.130. The number of rotatable bonds is 2. The van der Waals surface area contributed by atoms with Gasteiger partial charge in [-0.2, -0.15) is 0 Å². The predicted molar refractivity (Wildman–Crippen MR) is 88.6 cm³/mol. The quantitative estimate of drug-likeness (QED) is 0.686. The third-order valence-corrected chi connectivity index (χ3v) is 4.66. The third-order valence-electron chi connectivity index (χ3n) is 3.66. The van der Waals surface area contributed by atoms with E-state index in [1.807, 2.05) is 18.2 Å². The Morgan fingerprint density at radius 3 is 2.47 bits per heavy atom. The molecule has 2 rings (SSSR count). The molecular formula is C15H19ClINO. The minimum atomic E-state index is 0.130. The van der Waals surface area contributed by atoms with E-state index < -0.39 is 0 Å². The minimum Gasteiger partial charge on any atom is -0.324 e. The van der Waals surface area contributed by atoms with Crippen LogP contribution in [0.3, 0.4) is 0 Å². The van der Waals surface area contributed by atoms with Gasteiger partial charge in [0.1, 0.15) is 0 Å².